The van der Waals surface area contributed by atoms with Gasteiger partial charge in [-0.1, -0.05) is 61.0 Å². The highest BCUT2D eigenvalue weighted by molar-refractivity contribution is 5.82. The number of carbonyl (C=O) groups is 5. The van der Waals surface area contributed by atoms with Crippen LogP contribution in [-0.4, -0.2) is 167 Å². The van der Waals surface area contributed by atoms with Crippen LogP contribution in [0, 0.1) is 18.8 Å². The SMILES string of the molecule is CCc1ccc(COC(=O)NC2CC=C(CNCC3CC3)OC2C2C(NC(=O)OCc3ccc(C)cc3)CC(NC(=O)C(O)CNC(=O)OC(C)(C)C)C(OC3OCC(C)(O)C(N(C)C(=O)OC(C)(C)C)C3O)C2O)cc1. The lowest BCUT2D eigenvalue weighted by Gasteiger charge is -2.52. The van der Waals surface area contributed by atoms with E-state index < -0.39 is 127 Å². The molecule has 12 atom stereocenters. The molecule has 0 spiro atoms. The fourth-order valence-electron chi connectivity index (χ4n) is 9.60. The van der Waals surface area contributed by atoms with E-state index >= 15 is 0 Å². The second kappa shape index (κ2) is 26.3. The molecule has 2 aliphatic carbocycles. The molecule has 2 aliphatic heterocycles. The van der Waals surface area contributed by atoms with Gasteiger partial charge in [0.15, 0.2) is 6.29 Å². The summed E-state index contributed by atoms with van der Waals surface area (Å²) in [5, 5.41) is 62.2. The summed E-state index contributed by atoms with van der Waals surface area (Å²) < 4.78 is 41.6. The van der Waals surface area contributed by atoms with Crippen LogP contribution in [-0.2, 0) is 57.6 Å². The predicted octanol–water partition coefficient (Wildman–Crippen LogP) is 3.96. The summed E-state index contributed by atoms with van der Waals surface area (Å²) in [6, 6.07) is 10.1. The number of carbonyl (C=O) groups excluding carboxylic acids is 5. The van der Waals surface area contributed by atoms with Crippen molar-refractivity contribution >= 4 is 30.3 Å². The number of alkyl carbamates (subject to hydrolysis) is 3. The van der Waals surface area contributed by atoms with E-state index in [-0.39, 0.29) is 26.1 Å². The maximum Gasteiger partial charge on any atom is 0.410 e. The lowest BCUT2D eigenvalue weighted by Crippen LogP contribution is -2.71. The molecule has 2 aromatic carbocycles. The molecule has 1 saturated heterocycles. The van der Waals surface area contributed by atoms with Crippen LogP contribution >= 0.6 is 0 Å². The molecule has 0 radical (unpaired) electrons. The van der Waals surface area contributed by atoms with Gasteiger partial charge in [0.2, 0.25) is 0 Å². The summed E-state index contributed by atoms with van der Waals surface area (Å²) in [5.41, 5.74) is -0.160. The van der Waals surface area contributed by atoms with Crippen LogP contribution in [0.15, 0.2) is 60.4 Å². The van der Waals surface area contributed by atoms with Crippen molar-refractivity contribution in [1.82, 2.24) is 31.5 Å². The molecule has 0 aromatic heterocycles. The number of aryl methyl sites for hydroxylation is 2. The van der Waals surface area contributed by atoms with Gasteiger partial charge in [-0.3, -0.25) is 4.79 Å². The van der Waals surface area contributed by atoms with E-state index in [1.54, 1.807) is 53.7 Å². The number of rotatable bonds is 19. The zero-order valence-electron chi connectivity index (χ0n) is 46.0. The number of nitrogens with one attached hydrogen (secondary N) is 5. The fourth-order valence-corrected chi connectivity index (χ4v) is 9.60. The molecule has 2 saturated carbocycles. The van der Waals surface area contributed by atoms with Crippen molar-refractivity contribution in [3.63, 3.8) is 0 Å². The highest BCUT2D eigenvalue weighted by Gasteiger charge is 2.56. The Kier molecular flexibility index (Phi) is 20.6. The Morgan fingerprint density at radius 2 is 1.39 bits per heavy atom. The minimum atomic E-state index is -1.89. The second-order valence-electron chi connectivity index (χ2n) is 22.9. The number of hydrogen-bond acceptors (Lipinski definition) is 17. The van der Waals surface area contributed by atoms with Crippen molar-refractivity contribution in [3.05, 3.63) is 82.6 Å². The van der Waals surface area contributed by atoms with Gasteiger partial charge >= 0.3 is 24.4 Å². The number of amides is 5. The third-order valence-corrected chi connectivity index (χ3v) is 13.7. The summed E-state index contributed by atoms with van der Waals surface area (Å²) in [4.78, 5) is 68.8. The molecule has 9 N–H and O–H groups in total. The van der Waals surface area contributed by atoms with Gasteiger partial charge in [-0.2, -0.15) is 0 Å². The van der Waals surface area contributed by atoms with Crippen molar-refractivity contribution in [2.45, 2.75) is 185 Å². The van der Waals surface area contributed by atoms with Crippen molar-refractivity contribution in [1.29, 1.82) is 0 Å². The van der Waals surface area contributed by atoms with E-state index in [4.69, 9.17) is 33.2 Å². The van der Waals surface area contributed by atoms with Crippen molar-refractivity contribution in [2.24, 2.45) is 11.8 Å². The summed E-state index contributed by atoms with van der Waals surface area (Å²) in [7, 11) is 1.33. The summed E-state index contributed by atoms with van der Waals surface area (Å²) in [6.45, 7) is 15.0. The number of nitrogens with zero attached hydrogens (tertiary/aromatic N) is 1. The van der Waals surface area contributed by atoms with E-state index in [1.807, 2.05) is 56.3 Å². The Morgan fingerprint density at radius 3 is 1.97 bits per heavy atom. The van der Waals surface area contributed by atoms with Gasteiger partial charge in [0, 0.05) is 19.0 Å². The van der Waals surface area contributed by atoms with Crippen LogP contribution in [0.25, 0.3) is 0 Å². The van der Waals surface area contributed by atoms with Crippen LogP contribution in [0.5, 0.6) is 0 Å². The fraction of sp³-hybridized carbons (Fsp3) is 0.655. The zero-order valence-corrected chi connectivity index (χ0v) is 46.0. The molecular weight excluding hydrogens is 1000 g/mol. The van der Waals surface area contributed by atoms with Crippen molar-refractivity contribution < 1.29 is 77.6 Å². The van der Waals surface area contributed by atoms with Gasteiger partial charge in [-0.25, -0.2) is 19.2 Å². The molecule has 22 nitrogen and oxygen atoms in total. The number of hydrogen-bond donors (Lipinski definition) is 9. The third kappa shape index (κ3) is 17.9. The first-order chi connectivity index (χ1) is 36.2. The quantitative estimate of drug-likeness (QED) is 0.0900. The van der Waals surface area contributed by atoms with Crippen molar-refractivity contribution in [3.8, 4) is 0 Å². The largest absolute Gasteiger partial charge is 0.491 e. The molecule has 0 bridgehead atoms. The maximum atomic E-state index is 14.0. The summed E-state index contributed by atoms with van der Waals surface area (Å²) in [5.74, 6) is -1.25. The number of aliphatic hydroxyl groups is 4. The Morgan fingerprint density at radius 1 is 0.805 bits per heavy atom. The molecule has 77 heavy (non-hydrogen) atoms. The van der Waals surface area contributed by atoms with Gasteiger partial charge in [0.05, 0.1) is 43.9 Å². The maximum absolute atomic E-state index is 14.0. The van der Waals surface area contributed by atoms with E-state index in [9.17, 15) is 44.4 Å². The molecule has 4 aliphatic rings. The van der Waals surface area contributed by atoms with Crippen LogP contribution in [0.2, 0.25) is 0 Å². The smallest absolute Gasteiger partial charge is 0.410 e. The van der Waals surface area contributed by atoms with Crippen LogP contribution < -0.4 is 26.6 Å². The number of ether oxygens (including phenoxy) is 7. The first kappa shape index (κ1) is 60.5. The van der Waals surface area contributed by atoms with E-state index in [2.05, 4.69) is 26.6 Å². The Bertz CT molecular complexity index is 2330. The van der Waals surface area contributed by atoms with Gasteiger partial charge in [-0.05, 0) is 123 Å². The van der Waals surface area contributed by atoms with Gasteiger partial charge in [-0.15, -0.1) is 0 Å². The van der Waals surface area contributed by atoms with Crippen LogP contribution in [0.1, 0.15) is 103 Å². The van der Waals surface area contributed by atoms with Crippen LogP contribution in [0.4, 0.5) is 19.2 Å². The lowest BCUT2D eigenvalue weighted by molar-refractivity contribution is -0.305. The van der Waals surface area contributed by atoms with Crippen molar-refractivity contribution in [2.75, 3.05) is 33.3 Å². The monoisotopic (exact) mass is 1080 g/mol. The average molecular weight is 1080 g/mol. The summed E-state index contributed by atoms with van der Waals surface area (Å²) >= 11 is 0. The Labute approximate surface area is 451 Å². The molecule has 428 valence electrons. The highest BCUT2D eigenvalue weighted by atomic mass is 16.7. The van der Waals surface area contributed by atoms with Gasteiger partial charge in [0.25, 0.3) is 5.91 Å². The lowest BCUT2D eigenvalue weighted by atomic mass is 9.72. The van der Waals surface area contributed by atoms with E-state index in [0.717, 1.165) is 47.4 Å². The number of likely N-dealkylation sites (N-methyl/N-ethyl adjacent to an activating group) is 1. The molecule has 5 amide bonds. The predicted molar refractivity (Wildman–Crippen MR) is 280 cm³/mol. The zero-order chi connectivity index (χ0) is 56.4. The molecule has 6 rings (SSSR count). The molecule has 2 heterocycles. The molecule has 3 fully saturated rings. The van der Waals surface area contributed by atoms with Gasteiger partial charge < -0.3 is 85.1 Å². The minimum absolute atomic E-state index is 0.0551. The molecular formula is C55H82N6O16. The number of benzene rings is 2. The highest BCUT2D eigenvalue weighted by Crippen LogP contribution is 2.39. The normalized spacial score (nSPS) is 27.8. The van der Waals surface area contributed by atoms with Gasteiger partial charge in [0.1, 0.15) is 60.2 Å². The molecule has 12 unspecified atom stereocenters. The second-order valence-corrected chi connectivity index (χ2v) is 22.9. The summed E-state index contributed by atoms with van der Waals surface area (Å²) in [6.07, 6.45) is -8.70. The third-order valence-electron chi connectivity index (χ3n) is 13.7. The standard InChI is InChI=1S/C55H82N6O16/c1-11-32-16-20-35(21-17-32)29-71-50(67)59-37-23-22-36(26-56-25-33-18-19-33)74-44(37)41-38(60-51(68)72-28-34-14-12-31(2)13-15-34)24-39(58-47(65)40(62)27-57-49(66)76-53(3,4)5)45(42(41)63)75-48-43(64)46(55(9,70)30-73-48)61(10)52(69)77-54(6,7)8/h12-17,20-22,33,37-46,48,56,62-64,70H,11,18-19,23-30H2,1-10H3,(H,57,66)(H,58,65)(H,59,67)(H,60,68). The average Bonchev–Trinajstić information content (AvgIpc) is 4.18. The Hall–Kier alpha value is -5.75. The van der Waals surface area contributed by atoms with E-state index in [0.29, 0.717) is 23.8 Å². The topological polar surface area (TPSA) is 294 Å². The molecule has 22 heteroatoms. The van der Waals surface area contributed by atoms with E-state index in [1.165, 1.54) is 14.0 Å². The van der Waals surface area contributed by atoms with Crippen LogP contribution in [0.3, 0.4) is 0 Å². The molecule has 2 aromatic rings. The first-order valence-corrected chi connectivity index (χ1v) is 26.5. The first-order valence-electron chi connectivity index (χ1n) is 26.5. The number of aliphatic hydroxyl groups excluding tert-OH is 3. The minimum Gasteiger partial charge on any atom is -0.491 e. The Balaban J connectivity index is 1.36.